The number of aromatic nitrogens is 2. The molecule has 1 aromatic heterocycles. The van der Waals surface area contributed by atoms with Gasteiger partial charge in [0.05, 0.1) is 20.1 Å². The molecule has 0 bridgehead atoms. The van der Waals surface area contributed by atoms with Gasteiger partial charge in [0.1, 0.15) is 5.82 Å². The van der Waals surface area contributed by atoms with E-state index in [0.29, 0.717) is 42.6 Å². The van der Waals surface area contributed by atoms with Crippen LogP contribution in [-0.4, -0.2) is 42.4 Å². The van der Waals surface area contributed by atoms with Gasteiger partial charge in [0.2, 0.25) is 5.91 Å². The van der Waals surface area contributed by atoms with Gasteiger partial charge in [-0.2, -0.15) is 0 Å². The molecule has 1 aromatic carbocycles. The van der Waals surface area contributed by atoms with Crippen molar-refractivity contribution in [1.29, 1.82) is 0 Å². The van der Waals surface area contributed by atoms with Crippen LogP contribution in [0.15, 0.2) is 33.9 Å². The van der Waals surface area contributed by atoms with Gasteiger partial charge < -0.3 is 19.7 Å². The average molecular weight is 416 g/mol. The van der Waals surface area contributed by atoms with Gasteiger partial charge in [-0.05, 0) is 31.9 Å². The number of nitrogens with one attached hydrogen (secondary N) is 1. The number of nitrogens with zero attached hydrogens (tertiary/aromatic N) is 3. The van der Waals surface area contributed by atoms with Crippen LogP contribution in [0.25, 0.3) is 0 Å². The number of piperidine rings is 1. The molecule has 1 aliphatic heterocycles. The highest BCUT2D eigenvalue weighted by atomic mass is 16.5. The summed E-state index contributed by atoms with van der Waals surface area (Å²) in [4.78, 5) is 39.5. The van der Waals surface area contributed by atoms with Crippen molar-refractivity contribution < 1.29 is 14.3 Å². The molecule has 1 atom stereocenters. The molecule has 0 aliphatic carbocycles. The van der Waals surface area contributed by atoms with Crippen LogP contribution in [0.3, 0.4) is 0 Å². The van der Waals surface area contributed by atoms with Crippen molar-refractivity contribution in [1.82, 2.24) is 9.13 Å². The Bertz CT molecular complexity index is 1040. The van der Waals surface area contributed by atoms with Crippen molar-refractivity contribution in [3.05, 3.63) is 45.1 Å². The van der Waals surface area contributed by atoms with Crippen molar-refractivity contribution in [2.75, 3.05) is 37.5 Å². The highest BCUT2D eigenvalue weighted by Gasteiger charge is 2.28. The number of amides is 1. The van der Waals surface area contributed by atoms with E-state index in [1.54, 1.807) is 37.0 Å². The lowest BCUT2D eigenvalue weighted by Gasteiger charge is -2.34. The van der Waals surface area contributed by atoms with E-state index in [0.717, 1.165) is 17.4 Å². The first-order valence-electron chi connectivity index (χ1n) is 9.98. The first-order valence-corrected chi connectivity index (χ1v) is 9.98. The Morgan fingerprint density at radius 1 is 1.17 bits per heavy atom. The van der Waals surface area contributed by atoms with E-state index < -0.39 is 0 Å². The number of hydrogen-bond donors (Lipinski definition) is 1. The van der Waals surface area contributed by atoms with Crippen molar-refractivity contribution in [2.24, 2.45) is 13.0 Å². The fraction of sp³-hybridized carbons (Fsp3) is 0.476. The van der Waals surface area contributed by atoms with Crippen LogP contribution in [0.5, 0.6) is 11.5 Å². The van der Waals surface area contributed by atoms with E-state index in [2.05, 4.69) is 5.32 Å². The van der Waals surface area contributed by atoms with Gasteiger partial charge in [-0.3, -0.25) is 18.7 Å². The van der Waals surface area contributed by atoms with Gasteiger partial charge in [0.15, 0.2) is 11.5 Å². The van der Waals surface area contributed by atoms with Gasteiger partial charge >= 0.3 is 5.69 Å². The SMILES string of the molecule is CCn1c(N2CCCC(C(=O)Nc3ccc(OC)c(OC)c3)C2)cc(=O)n(C)c1=O. The van der Waals surface area contributed by atoms with Crippen LogP contribution in [0.2, 0.25) is 0 Å². The predicted octanol–water partition coefficient (Wildman–Crippen LogP) is 1.44. The molecule has 9 nitrogen and oxygen atoms in total. The summed E-state index contributed by atoms with van der Waals surface area (Å²) in [6, 6.07) is 6.68. The standard InChI is InChI=1S/C21H28N4O5/c1-5-25-18(12-19(26)23(2)21(25)28)24-10-6-7-14(13-24)20(27)22-15-8-9-16(29-3)17(11-15)30-4/h8-9,11-12,14H,5-7,10,13H2,1-4H3,(H,22,27). The lowest BCUT2D eigenvalue weighted by atomic mass is 9.97. The molecule has 9 heteroatoms. The lowest BCUT2D eigenvalue weighted by molar-refractivity contribution is -0.120. The van der Waals surface area contributed by atoms with E-state index in [9.17, 15) is 14.4 Å². The molecule has 1 aliphatic rings. The van der Waals surface area contributed by atoms with Gasteiger partial charge in [-0.15, -0.1) is 0 Å². The number of anilines is 2. The van der Waals surface area contributed by atoms with E-state index >= 15 is 0 Å². The number of carbonyl (C=O) groups excluding carboxylic acids is 1. The molecular formula is C21H28N4O5. The first kappa shape index (κ1) is 21.5. The fourth-order valence-corrected chi connectivity index (χ4v) is 3.78. The highest BCUT2D eigenvalue weighted by molar-refractivity contribution is 5.93. The van der Waals surface area contributed by atoms with E-state index in [-0.39, 0.29) is 23.1 Å². The molecule has 3 rings (SSSR count). The van der Waals surface area contributed by atoms with Crippen LogP contribution < -0.4 is 30.9 Å². The van der Waals surface area contributed by atoms with Gasteiger partial charge in [-0.1, -0.05) is 0 Å². The molecule has 1 N–H and O–H groups in total. The number of rotatable bonds is 6. The minimum Gasteiger partial charge on any atom is -0.493 e. The van der Waals surface area contributed by atoms with Crippen LogP contribution in [0, 0.1) is 5.92 Å². The van der Waals surface area contributed by atoms with Gasteiger partial charge in [0, 0.05) is 44.5 Å². The summed E-state index contributed by atoms with van der Waals surface area (Å²) in [5.41, 5.74) is -0.0812. The van der Waals surface area contributed by atoms with Crippen molar-refractivity contribution in [3.63, 3.8) is 0 Å². The van der Waals surface area contributed by atoms with Crippen LogP contribution in [-0.2, 0) is 18.4 Å². The minimum atomic E-state index is -0.350. The zero-order chi connectivity index (χ0) is 21.8. The summed E-state index contributed by atoms with van der Waals surface area (Å²) in [7, 11) is 4.57. The fourth-order valence-electron chi connectivity index (χ4n) is 3.78. The summed E-state index contributed by atoms with van der Waals surface area (Å²) in [6.45, 7) is 3.43. The van der Waals surface area contributed by atoms with Crippen molar-refractivity contribution in [3.8, 4) is 11.5 Å². The van der Waals surface area contributed by atoms with Gasteiger partial charge in [-0.25, -0.2) is 4.79 Å². The van der Waals surface area contributed by atoms with Gasteiger partial charge in [0.25, 0.3) is 5.56 Å². The molecule has 1 fully saturated rings. The zero-order valence-corrected chi connectivity index (χ0v) is 17.8. The van der Waals surface area contributed by atoms with Crippen LogP contribution >= 0.6 is 0 Å². The zero-order valence-electron chi connectivity index (χ0n) is 17.8. The Labute approximate surface area is 174 Å². The maximum absolute atomic E-state index is 12.9. The molecule has 1 unspecified atom stereocenters. The minimum absolute atomic E-state index is 0.110. The van der Waals surface area contributed by atoms with Crippen LogP contribution in [0.4, 0.5) is 11.5 Å². The summed E-state index contributed by atoms with van der Waals surface area (Å²) in [5.74, 6) is 1.31. The molecule has 2 heterocycles. The molecule has 0 saturated carbocycles. The Morgan fingerprint density at radius 2 is 1.90 bits per heavy atom. The monoisotopic (exact) mass is 416 g/mol. The Morgan fingerprint density at radius 3 is 2.57 bits per heavy atom. The molecule has 0 radical (unpaired) electrons. The summed E-state index contributed by atoms with van der Waals surface area (Å²) in [6.07, 6.45) is 1.52. The normalized spacial score (nSPS) is 16.3. The number of ether oxygens (including phenoxy) is 2. The molecule has 1 amide bonds. The molecular weight excluding hydrogens is 388 g/mol. The second-order valence-electron chi connectivity index (χ2n) is 7.27. The van der Waals surface area contributed by atoms with E-state index in [4.69, 9.17) is 9.47 Å². The number of hydrogen-bond acceptors (Lipinski definition) is 6. The third-order valence-electron chi connectivity index (χ3n) is 5.46. The first-order chi connectivity index (χ1) is 14.4. The number of benzene rings is 1. The quantitative estimate of drug-likeness (QED) is 0.766. The average Bonchev–Trinajstić information content (AvgIpc) is 2.77. The van der Waals surface area contributed by atoms with Crippen LogP contribution in [0.1, 0.15) is 19.8 Å². The molecule has 30 heavy (non-hydrogen) atoms. The second-order valence-corrected chi connectivity index (χ2v) is 7.27. The lowest BCUT2D eigenvalue weighted by Crippen LogP contribution is -2.46. The Hall–Kier alpha value is -3.23. The topological polar surface area (TPSA) is 94.8 Å². The Kier molecular flexibility index (Phi) is 6.49. The van der Waals surface area contributed by atoms with E-state index in [1.807, 2.05) is 11.8 Å². The van der Waals surface area contributed by atoms with Crippen molar-refractivity contribution >= 4 is 17.4 Å². The number of methoxy groups -OCH3 is 2. The summed E-state index contributed by atoms with van der Waals surface area (Å²) in [5, 5.41) is 2.93. The summed E-state index contributed by atoms with van der Waals surface area (Å²) < 4.78 is 13.2. The molecule has 1 saturated heterocycles. The third kappa shape index (κ3) is 4.19. The predicted molar refractivity (Wildman–Crippen MR) is 115 cm³/mol. The maximum atomic E-state index is 12.9. The molecule has 0 spiro atoms. The largest absolute Gasteiger partial charge is 0.493 e. The second kappa shape index (κ2) is 9.06. The van der Waals surface area contributed by atoms with Crippen molar-refractivity contribution in [2.45, 2.75) is 26.3 Å². The molecule has 162 valence electrons. The maximum Gasteiger partial charge on any atom is 0.332 e. The third-order valence-corrected chi connectivity index (χ3v) is 5.46. The Balaban J connectivity index is 1.79. The molecule has 2 aromatic rings. The highest BCUT2D eigenvalue weighted by Crippen LogP contribution is 2.30. The summed E-state index contributed by atoms with van der Waals surface area (Å²) >= 11 is 0. The van der Waals surface area contributed by atoms with E-state index in [1.165, 1.54) is 13.1 Å². The number of carbonyl (C=O) groups is 1. The smallest absolute Gasteiger partial charge is 0.332 e.